The first-order valence-electron chi connectivity index (χ1n) is 12.2. The van der Waals surface area contributed by atoms with E-state index in [0.29, 0.717) is 0 Å². The van der Waals surface area contributed by atoms with Crippen LogP contribution in [0, 0.1) is 6.92 Å². The molecule has 155 valence electrons. The van der Waals surface area contributed by atoms with Gasteiger partial charge >= 0.3 is 0 Å². The maximum Gasteiger partial charge on any atom is -0.0233 e. The summed E-state index contributed by atoms with van der Waals surface area (Å²) in [4.78, 5) is 0. The van der Waals surface area contributed by atoms with E-state index in [4.69, 9.17) is 0 Å². The molecule has 0 atom stereocenters. The van der Waals surface area contributed by atoms with Crippen molar-refractivity contribution in [3.8, 4) is 0 Å². The van der Waals surface area contributed by atoms with Gasteiger partial charge < -0.3 is 0 Å². The lowest BCUT2D eigenvalue weighted by atomic mass is 9.94. The van der Waals surface area contributed by atoms with E-state index in [9.17, 15) is 0 Å². The Morgan fingerprint density at radius 3 is 1.22 bits per heavy atom. The van der Waals surface area contributed by atoms with E-state index in [1.54, 1.807) is 0 Å². The fourth-order valence-electron chi connectivity index (χ4n) is 4.05. The quantitative estimate of drug-likeness (QED) is 0.225. The van der Waals surface area contributed by atoms with Crippen molar-refractivity contribution in [2.75, 3.05) is 0 Å². The summed E-state index contributed by atoms with van der Waals surface area (Å²) < 4.78 is 0. The molecule has 0 bridgehead atoms. The maximum absolute atomic E-state index is 4.42. The lowest BCUT2D eigenvalue weighted by Gasteiger charge is -2.11. The minimum atomic E-state index is 1.22. The second-order valence-electron chi connectivity index (χ2n) is 8.50. The first kappa shape index (κ1) is 24.3. The Hall–Kier alpha value is -0.780. The van der Waals surface area contributed by atoms with Gasteiger partial charge in [-0.2, -0.15) is 0 Å². The van der Waals surface area contributed by atoms with E-state index in [1.165, 1.54) is 132 Å². The molecule has 0 aliphatic rings. The van der Waals surface area contributed by atoms with Crippen LogP contribution in [0.5, 0.6) is 0 Å². The third kappa shape index (κ3) is 12.3. The summed E-state index contributed by atoms with van der Waals surface area (Å²) in [6, 6.07) is 6.87. The molecule has 0 saturated heterocycles. The molecule has 1 aromatic rings. The minimum Gasteiger partial charge on any atom is -0.0654 e. The van der Waals surface area contributed by atoms with Crippen LogP contribution in [0.15, 0.2) is 18.2 Å². The molecular formula is C27H47. The lowest BCUT2D eigenvalue weighted by Crippen LogP contribution is -1.97. The molecule has 0 unspecified atom stereocenters. The van der Waals surface area contributed by atoms with Gasteiger partial charge in [0, 0.05) is 0 Å². The monoisotopic (exact) mass is 371 g/mol. The molecule has 27 heavy (non-hydrogen) atoms. The Balaban J connectivity index is 2.15. The number of hydrogen-bond acceptors (Lipinski definition) is 0. The molecule has 1 aromatic carbocycles. The molecule has 0 heteroatoms. The molecule has 0 N–H and O–H groups in total. The fourth-order valence-corrected chi connectivity index (χ4v) is 4.05. The zero-order chi connectivity index (χ0) is 19.6. The minimum absolute atomic E-state index is 1.22. The van der Waals surface area contributed by atoms with E-state index < -0.39 is 0 Å². The molecule has 0 nitrogen and oxygen atoms in total. The van der Waals surface area contributed by atoms with Gasteiger partial charge in [-0.15, -0.1) is 0 Å². The lowest BCUT2D eigenvalue weighted by molar-refractivity contribution is 0.573. The topological polar surface area (TPSA) is 0 Å². The smallest absolute Gasteiger partial charge is 0.0233 e. The summed E-state index contributed by atoms with van der Waals surface area (Å²) in [5.74, 6) is 0. The van der Waals surface area contributed by atoms with Gasteiger partial charge in [-0.25, -0.2) is 0 Å². The van der Waals surface area contributed by atoms with E-state index in [-0.39, 0.29) is 0 Å². The highest BCUT2D eigenvalue weighted by molar-refractivity contribution is 5.37. The summed E-state index contributed by atoms with van der Waals surface area (Å²) in [5, 5.41) is 0. The number of rotatable bonds is 18. The van der Waals surface area contributed by atoms with Crippen LogP contribution in [-0.2, 0) is 12.8 Å². The second kappa shape index (κ2) is 17.3. The average molecular weight is 372 g/mol. The Bertz CT molecular complexity index is 407. The molecule has 0 saturated carbocycles. The van der Waals surface area contributed by atoms with E-state index in [1.807, 2.05) is 0 Å². The highest BCUT2D eigenvalue weighted by Gasteiger charge is 2.04. The van der Waals surface area contributed by atoms with Crippen LogP contribution >= 0.6 is 0 Å². The van der Waals surface area contributed by atoms with Crippen molar-refractivity contribution in [3.63, 3.8) is 0 Å². The fraction of sp³-hybridized carbons (Fsp3) is 0.741. The standard InChI is InChI=1S/C27H47/c1-4-6-8-10-12-14-16-18-21-26-23-20-24-27(25(26)3)22-19-17-15-13-11-9-7-5-2/h20,23-24H,3-19,21-22H2,1-2H3. The van der Waals surface area contributed by atoms with Crippen molar-refractivity contribution in [3.05, 3.63) is 41.8 Å². The van der Waals surface area contributed by atoms with Crippen molar-refractivity contribution in [1.82, 2.24) is 0 Å². The van der Waals surface area contributed by atoms with Crippen LogP contribution in [-0.4, -0.2) is 0 Å². The Kier molecular flexibility index (Phi) is 15.6. The van der Waals surface area contributed by atoms with Gasteiger partial charge in [0.15, 0.2) is 0 Å². The molecule has 1 radical (unpaired) electrons. The van der Waals surface area contributed by atoms with E-state index in [0.717, 1.165) is 0 Å². The van der Waals surface area contributed by atoms with Gasteiger partial charge in [-0.05, 0) is 49.3 Å². The third-order valence-corrected chi connectivity index (χ3v) is 5.97. The van der Waals surface area contributed by atoms with Crippen LogP contribution in [0.25, 0.3) is 0 Å². The van der Waals surface area contributed by atoms with Gasteiger partial charge in [0.1, 0.15) is 0 Å². The molecule has 0 aliphatic heterocycles. The second-order valence-corrected chi connectivity index (χ2v) is 8.50. The predicted octanol–water partition coefficient (Wildman–Crippen LogP) is 9.24. The van der Waals surface area contributed by atoms with Gasteiger partial charge in [0.25, 0.3) is 0 Å². The summed E-state index contributed by atoms with van der Waals surface area (Å²) in [5.41, 5.74) is 4.33. The molecule has 0 aromatic heterocycles. The molecule has 1 rings (SSSR count). The zero-order valence-electron chi connectivity index (χ0n) is 18.7. The molecule has 0 spiro atoms. The van der Waals surface area contributed by atoms with Crippen LogP contribution in [0.2, 0.25) is 0 Å². The maximum atomic E-state index is 4.42. The largest absolute Gasteiger partial charge is 0.0654 e. The molecule has 0 heterocycles. The number of aryl methyl sites for hydroxylation is 2. The summed E-state index contributed by atoms with van der Waals surface area (Å²) in [7, 11) is 0. The average Bonchev–Trinajstić information content (AvgIpc) is 2.68. The van der Waals surface area contributed by atoms with Crippen molar-refractivity contribution in [2.45, 2.75) is 129 Å². The predicted molar refractivity (Wildman–Crippen MR) is 124 cm³/mol. The SMILES string of the molecule is [CH2]c1c(CCCCCCCCCC)cccc1CCCCCCCCCC. The number of benzene rings is 1. The van der Waals surface area contributed by atoms with Gasteiger partial charge in [0.05, 0.1) is 0 Å². The van der Waals surface area contributed by atoms with Crippen molar-refractivity contribution in [2.24, 2.45) is 0 Å². The van der Waals surface area contributed by atoms with Gasteiger partial charge in [-0.1, -0.05) is 122 Å². The van der Waals surface area contributed by atoms with E-state index >= 15 is 0 Å². The first-order chi connectivity index (χ1) is 13.3. The van der Waals surface area contributed by atoms with Crippen LogP contribution in [0.3, 0.4) is 0 Å². The van der Waals surface area contributed by atoms with Crippen LogP contribution in [0.1, 0.15) is 133 Å². The van der Waals surface area contributed by atoms with Gasteiger partial charge in [0.2, 0.25) is 0 Å². The Morgan fingerprint density at radius 2 is 0.852 bits per heavy atom. The summed E-state index contributed by atoms with van der Waals surface area (Å²) in [6.45, 7) is 9.00. The Morgan fingerprint density at radius 1 is 0.519 bits per heavy atom. The highest BCUT2D eigenvalue weighted by Crippen LogP contribution is 2.20. The number of hydrogen-bond donors (Lipinski definition) is 0. The van der Waals surface area contributed by atoms with Crippen LogP contribution in [0.4, 0.5) is 0 Å². The molecular weight excluding hydrogens is 324 g/mol. The normalized spacial score (nSPS) is 11.2. The summed E-state index contributed by atoms with van der Waals surface area (Å²) >= 11 is 0. The molecule has 0 fully saturated rings. The Labute approximate surface area is 171 Å². The van der Waals surface area contributed by atoms with Crippen molar-refractivity contribution in [1.29, 1.82) is 0 Å². The molecule has 0 aliphatic carbocycles. The summed E-state index contributed by atoms with van der Waals surface area (Å²) in [6.07, 6.45) is 24.8. The van der Waals surface area contributed by atoms with Crippen molar-refractivity contribution >= 4 is 0 Å². The van der Waals surface area contributed by atoms with Gasteiger partial charge in [-0.3, -0.25) is 0 Å². The highest BCUT2D eigenvalue weighted by atomic mass is 14.1. The number of unbranched alkanes of at least 4 members (excludes halogenated alkanes) is 14. The third-order valence-electron chi connectivity index (χ3n) is 5.97. The first-order valence-corrected chi connectivity index (χ1v) is 12.2. The van der Waals surface area contributed by atoms with E-state index in [2.05, 4.69) is 39.0 Å². The van der Waals surface area contributed by atoms with Crippen molar-refractivity contribution < 1.29 is 0 Å². The van der Waals surface area contributed by atoms with Crippen LogP contribution < -0.4 is 0 Å². The molecule has 0 amide bonds. The zero-order valence-corrected chi connectivity index (χ0v) is 18.7.